The summed E-state index contributed by atoms with van der Waals surface area (Å²) in [5.41, 5.74) is 7.32. The molecule has 1 aliphatic carbocycles. The molecule has 4 heteroatoms. The van der Waals surface area contributed by atoms with Crippen molar-refractivity contribution >= 4 is 11.5 Å². The fourth-order valence-corrected chi connectivity index (χ4v) is 2.75. The lowest BCUT2D eigenvalue weighted by atomic mass is 9.79. The predicted molar refractivity (Wildman–Crippen MR) is 58.3 cm³/mol. The van der Waals surface area contributed by atoms with Crippen LogP contribution in [0.2, 0.25) is 0 Å². The number of nitrogens with two attached hydrogens (primary N) is 1. The van der Waals surface area contributed by atoms with Crippen LogP contribution in [-0.2, 0) is 0 Å². The molecule has 2 N–H and O–H groups in total. The summed E-state index contributed by atoms with van der Waals surface area (Å²) in [4.78, 5) is 1.21. The van der Waals surface area contributed by atoms with Gasteiger partial charge < -0.3 is 5.73 Å². The van der Waals surface area contributed by atoms with Crippen LogP contribution in [0.15, 0.2) is 0 Å². The van der Waals surface area contributed by atoms with Crippen LogP contribution in [0.5, 0.6) is 0 Å². The van der Waals surface area contributed by atoms with Gasteiger partial charge in [-0.15, -0.1) is 5.10 Å². The third kappa shape index (κ3) is 1.68. The number of hydrogen-bond acceptors (Lipinski definition) is 4. The summed E-state index contributed by atoms with van der Waals surface area (Å²) in [6.07, 6.45) is 3.88. The smallest absolute Gasteiger partial charge is 0.0829 e. The standard InChI is InChI=1S/C10H17N3S/c1-6(2)9-10(14-13-12-9)8(11)7-4-3-5-7/h6-8H,3-5,11H2,1-2H3. The molecule has 1 aliphatic rings. The van der Waals surface area contributed by atoms with Crippen molar-refractivity contribution in [2.75, 3.05) is 0 Å². The van der Waals surface area contributed by atoms with Gasteiger partial charge in [0.25, 0.3) is 0 Å². The molecule has 14 heavy (non-hydrogen) atoms. The molecule has 1 unspecified atom stereocenters. The van der Waals surface area contributed by atoms with Gasteiger partial charge in [-0.2, -0.15) is 0 Å². The third-order valence-electron chi connectivity index (χ3n) is 3.05. The predicted octanol–water partition coefficient (Wildman–Crippen LogP) is 2.46. The Morgan fingerprint density at radius 1 is 1.43 bits per heavy atom. The van der Waals surface area contributed by atoms with Crippen molar-refractivity contribution in [3.63, 3.8) is 0 Å². The van der Waals surface area contributed by atoms with Gasteiger partial charge in [0.15, 0.2) is 0 Å². The van der Waals surface area contributed by atoms with Crippen molar-refractivity contribution in [2.45, 2.75) is 45.1 Å². The minimum atomic E-state index is 0.182. The molecule has 0 amide bonds. The Hall–Kier alpha value is -0.480. The van der Waals surface area contributed by atoms with Gasteiger partial charge >= 0.3 is 0 Å². The zero-order chi connectivity index (χ0) is 10.1. The van der Waals surface area contributed by atoms with Crippen molar-refractivity contribution in [1.29, 1.82) is 0 Å². The Kier molecular flexibility index (Phi) is 2.83. The molecule has 1 fully saturated rings. The monoisotopic (exact) mass is 211 g/mol. The van der Waals surface area contributed by atoms with Crippen LogP contribution in [0.1, 0.15) is 55.6 Å². The van der Waals surface area contributed by atoms with E-state index >= 15 is 0 Å². The van der Waals surface area contributed by atoms with E-state index in [1.165, 1.54) is 35.7 Å². The first kappa shape index (κ1) is 10.1. The Morgan fingerprint density at radius 2 is 2.14 bits per heavy atom. The second-order valence-corrected chi connectivity index (χ2v) is 5.18. The van der Waals surface area contributed by atoms with E-state index in [1.807, 2.05) is 0 Å². The normalized spacial score (nSPS) is 19.7. The summed E-state index contributed by atoms with van der Waals surface area (Å²) < 4.78 is 4.02. The molecule has 1 heterocycles. The lowest BCUT2D eigenvalue weighted by molar-refractivity contribution is 0.265. The molecule has 0 spiro atoms. The molecule has 0 saturated heterocycles. The van der Waals surface area contributed by atoms with Gasteiger partial charge in [-0.05, 0) is 36.2 Å². The molecule has 1 atom stereocenters. The minimum absolute atomic E-state index is 0.182. The molecular formula is C10H17N3S. The van der Waals surface area contributed by atoms with E-state index in [-0.39, 0.29) is 6.04 Å². The first-order chi connectivity index (χ1) is 6.70. The second-order valence-electron chi connectivity index (χ2n) is 4.39. The number of aromatic nitrogens is 2. The Morgan fingerprint density at radius 3 is 2.64 bits per heavy atom. The van der Waals surface area contributed by atoms with Crippen LogP contribution >= 0.6 is 11.5 Å². The zero-order valence-electron chi connectivity index (χ0n) is 8.73. The highest BCUT2D eigenvalue weighted by molar-refractivity contribution is 7.05. The summed E-state index contributed by atoms with van der Waals surface area (Å²) in [7, 11) is 0. The molecule has 0 aliphatic heterocycles. The van der Waals surface area contributed by atoms with Gasteiger partial charge in [-0.1, -0.05) is 24.8 Å². The zero-order valence-corrected chi connectivity index (χ0v) is 9.55. The van der Waals surface area contributed by atoms with Crippen molar-refractivity contribution < 1.29 is 0 Å². The first-order valence-electron chi connectivity index (χ1n) is 5.28. The average molecular weight is 211 g/mol. The summed E-state index contributed by atoms with van der Waals surface area (Å²) in [5.74, 6) is 1.12. The lowest BCUT2D eigenvalue weighted by Crippen LogP contribution is -2.27. The SMILES string of the molecule is CC(C)c1nnsc1C(N)C1CCC1. The van der Waals surface area contributed by atoms with Crippen LogP contribution in [0.3, 0.4) is 0 Å². The van der Waals surface area contributed by atoms with E-state index in [4.69, 9.17) is 5.73 Å². The lowest BCUT2D eigenvalue weighted by Gasteiger charge is -2.30. The van der Waals surface area contributed by atoms with E-state index in [0.29, 0.717) is 11.8 Å². The Labute approximate surface area is 88.9 Å². The maximum absolute atomic E-state index is 6.21. The Balaban J connectivity index is 2.17. The fraction of sp³-hybridized carbons (Fsp3) is 0.800. The molecule has 0 aromatic carbocycles. The van der Waals surface area contributed by atoms with Crippen LogP contribution in [0, 0.1) is 5.92 Å². The minimum Gasteiger partial charge on any atom is -0.323 e. The molecule has 3 nitrogen and oxygen atoms in total. The fourth-order valence-electron chi connectivity index (χ4n) is 1.85. The number of nitrogens with zero attached hydrogens (tertiary/aromatic N) is 2. The molecule has 0 radical (unpaired) electrons. The highest BCUT2D eigenvalue weighted by atomic mass is 32.1. The summed E-state index contributed by atoms with van der Waals surface area (Å²) in [6, 6.07) is 0.182. The highest BCUT2D eigenvalue weighted by Gasteiger charge is 2.29. The van der Waals surface area contributed by atoms with Gasteiger partial charge in [-0.3, -0.25) is 0 Å². The molecule has 1 saturated carbocycles. The topological polar surface area (TPSA) is 51.8 Å². The van der Waals surface area contributed by atoms with Crippen molar-refractivity contribution in [2.24, 2.45) is 11.7 Å². The Bertz CT molecular complexity index is 304. The van der Waals surface area contributed by atoms with Gasteiger partial charge in [0, 0.05) is 6.04 Å². The third-order valence-corrected chi connectivity index (χ3v) is 3.89. The van der Waals surface area contributed by atoms with Gasteiger partial charge in [0.1, 0.15) is 0 Å². The van der Waals surface area contributed by atoms with Crippen LogP contribution in [-0.4, -0.2) is 9.59 Å². The maximum atomic E-state index is 6.21. The van der Waals surface area contributed by atoms with Crippen molar-refractivity contribution in [1.82, 2.24) is 9.59 Å². The van der Waals surface area contributed by atoms with Gasteiger partial charge in [-0.25, -0.2) is 0 Å². The second kappa shape index (κ2) is 3.95. The van der Waals surface area contributed by atoms with Gasteiger partial charge in [0.05, 0.1) is 10.6 Å². The molecule has 1 aromatic heterocycles. The molecular weight excluding hydrogens is 194 g/mol. The van der Waals surface area contributed by atoms with E-state index < -0.39 is 0 Å². The quantitative estimate of drug-likeness (QED) is 0.835. The van der Waals surface area contributed by atoms with E-state index in [1.54, 1.807) is 0 Å². The van der Waals surface area contributed by atoms with E-state index in [2.05, 4.69) is 23.4 Å². The van der Waals surface area contributed by atoms with Crippen LogP contribution in [0.25, 0.3) is 0 Å². The van der Waals surface area contributed by atoms with Gasteiger partial charge in [0.2, 0.25) is 0 Å². The van der Waals surface area contributed by atoms with E-state index in [0.717, 1.165) is 5.69 Å². The van der Waals surface area contributed by atoms with Crippen molar-refractivity contribution in [3.8, 4) is 0 Å². The number of rotatable bonds is 3. The molecule has 1 aromatic rings. The first-order valence-corrected chi connectivity index (χ1v) is 6.05. The summed E-state index contributed by atoms with van der Waals surface area (Å²) >= 11 is 1.48. The highest BCUT2D eigenvalue weighted by Crippen LogP contribution is 2.39. The molecule has 0 bridgehead atoms. The average Bonchev–Trinajstić information content (AvgIpc) is 2.47. The largest absolute Gasteiger partial charge is 0.323 e. The van der Waals surface area contributed by atoms with E-state index in [9.17, 15) is 0 Å². The van der Waals surface area contributed by atoms with Crippen LogP contribution < -0.4 is 5.73 Å². The number of hydrogen-bond donors (Lipinski definition) is 1. The summed E-state index contributed by atoms with van der Waals surface area (Å²) in [6.45, 7) is 4.29. The molecule has 2 rings (SSSR count). The summed E-state index contributed by atoms with van der Waals surface area (Å²) in [5, 5.41) is 4.17. The van der Waals surface area contributed by atoms with Crippen molar-refractivity contribution in [3.05, 3.63) is 10.6 Å². The molecule has 78 valence electrons. The van der Waals surface area contributed by atoms with Crippen LogP contribution in [0.4, 0.5) is 0 Å². The maximum Gasteiger partial charge on any atom is 0.0829 e.